The highest BCUT2D eigenvalue weighted by Crippen LogP contribution is 2.06. The third-order valence-electron chi connectivity index (χ3n) is 1.34. The van der Waals surface area contributed by atoms with Gasteiger partial charge in [-0.3, -0.25) is 0 Å². The SMILES string of the molecule is Cc1ccc(S)nc1C. The molecule has 0 radical (unpaired) electrons. The van der Waals surface area contributed by atoms with Gasteiger partial charge in [-0.2, -0.15) is 0 Å². The lowest BCUT2D eigenvalue weighted by Gasteiger charge is -1.96. The molecule has 0 unspecified atom stereocenters. The van der Waals surface area contributed by atoms with Crippen molar-refractivity contribution >= 4 is 12.6 Å². The molecule has 1 rings (SSSR count). The highest BCUT2D eigenvalue weighted by atomic mass is 32.1. The molecule has 0 atom stereocenters. The van der Waals surface area contributed by atoms with Crippen LogP contribution in [-0.2, 0) is 0 Å². The molecular formula is C7H9NS. The number of nitrogens with zero attached hydrogens (tertiary/aromatic N) is 1. The molecule has 1 heterocycles. The minimum Gasteiger partial charge on any atom is -0.247 e. The zero-order valence-electron chi connectivity index (χ0n) is 5.55. The molecule has 0 N–H and O–H groups in total. The first-order valence-corrected chi connectivity index (χ1v) is 3.28. The van der Waals surface area contributed by atoms with Crippen molar-refractivity contribution in [3.63, 3.8) is 0 Å². The first kappa shape index (κ1) is 6.62. The number of thiol groups is 1. The van der Waals surface area contributed by atoms with E-state index in [1.165, 1.54) is 5.56 Å². The fourth-order valence-corrected chi connectivity index (χ4v) is 0.842. The first-order valence-electron chi connectivity index (χ1n) is 2.83. The summed E-state index contributed by atoms with van der Waals surface area (Å²) in [4.78, 5) is 4.14. The van der Waals surface area contributed by atoms with Crippen molar-refractivity contribution in [1.82, 2.24) is 4.98 Å². The molecular weight excluding hydrogens is 130 g/mol. The molecule has 0 aromatic carbocycles. The van der Waals surface area contributed by atoms with E-state index in [-0.39, 0.29) is 0 Å². The van der Waals surface area contributed by atoms with Crippen LogP contribution in [0.5, 0.6) is 0 Å². The highest BCUT2D eigenvalue weighted by Gasteiger charge is 1.91. The van der Waals surface area contributed by atoms with Gasteiger partial charge in [-0.1, -0.05) is 6.07 Å². The molecule has 48 valence electrons. The third kappa shape index (κ3) is 1.45. The summed E-state index contributed by atoms with van der Waals surface area (Å²) in [7, 11) is 0. The van der Waals surface area contributed by atoms with Crippen molar-refractivity contribution in [1.29, 1.82) is 0 Å². The molecule has 1 nitrogen and oxygen atoms in total. The Morgan fingerprint density at radius 1 is 1.33 bits per heavy atom. The summed E-state index contributed by atoms with van der Waals surface area (Å²) in [6.07, 6.45) is 0. The van der Waals surface area contributed by atoms with E-state index in [1.807, 2.05) is 26.0 Å². The molecule has 0 amide bonds. The maximum absolute atomic E-state index is 4.14. The van der Waals surface area contributed by atoms with Crippen molar-refractivity contribution in [3.8, 4) is 0 Å². The van der Waals surface area contributed by atoms with Crippen LogP contribution in [0.3, 0.4) is 0 Å². The van der Waals surface area contributed by atoms with Crippen molar-refractivity contribution in [2.24, 2.45) is 0 Å². The van der Waals surface area contributed by atoms with Crippen LogP contribution in [0.25, 0.3) is 0 Å². The normalized spacial score (nSPS) is 9.67. The monoisotopic (exact) mass is 139 g/mol. The molecule has 1 aromatic heterocycles. The lowest BCUT2D eigenvalue weighted by molar-refractivity contribution is 1.04. The Morgan fingerprint density at radius 3 is 2.44 bits per heavy atom. The first-order chi connectivity index (χ1) is 4.20. The van der Waals surface area contributed by atoms with Gasteiger partial charge < -0.3 is 0 Å². The van der Waals surface area contributed by atoms with Crippen molar-refractivity contribution < 1.29 is 0 Å². The van der Waals surface area contributed by atoms with Crippen molar-refractivity contribution in [2.45, 2.75) is 18.9 Å². The maximum atomic E-state index is 4.14. The molecule has 2 heteroatoms. The number of rotatable bonds is 0. The van der Waals surface area contributed by atoms with E-state index in [9.17, 15) is 0 Å². The molecule has 9 heavy (non-hydrogen) atoms. The molecule has 0 fully saturated rings. The summed E-state index contributed by atoms with van der Waals surface area (Å²) in [6, 6.07) is 3.91. The summed E-state index contributed by atoms with van der Waals surface area (Å²) >= 11 is 4.09. The Kier molecular flexibility index (Phi) is 1.76. The maximum Gasteiger partial charge on any atom is 0.0932 e. The lowest BCUT2D eigenvalue weighted by Crippen LogP contribution is -1.85. The smallest absolute Gasteiger partial charge is 0.0932 e. The number of aromatic nitrogens is 1. The fourth-order valence-electron chi connectivity index (χ4n) is 0.617. The summed E-state index contributed by atoms with van der Waals surface area (Å²) in [5, 5.41) is 0.790. The highest BCUT2D eigenvalue weighted by molar-refractivity contribution is 7.80. The van der Waals surface area contributed by atoms with Gasteiger partial charge in [-0.15, -0.1) is 12.6 Å². The molecule has 0 aliphatic carbocycles. The van der Waals surface area contributed by atoms with Crippen LogP contribution >= 0.6 is 12.6 Å². The van der Waals surface area contributed by atoms with Gasteiger partial charge >= 0.3 is 0 Å². The Morgan fingerprint density at radius 2 is 2.00 bits per heavy atom. The number of hydrogen-bond acceptors (Lipinski definition) is 2. The van der Waals surface area contributed by atoms with Gasteiger partial charge in [0.15, 0.2) is 0 Å². The van der Waals surface area contributed by atoms with E-state index in [2.05, 4.69) is 17.6 Å². The second-order valence-electron chi connectivity index (χ2n) is 2.07. The van der Waals surface area contributed by atoms with Crippen LogP contribution in [0.2, 0.25) is 0 Å². The second-order valence-corrected chi connectivity index (χ2v) is 2.53. The van der Waals surface area contributed by atoms with Gasteiger partial charge in [0.2, 0.25) is 0 Å². The van der Waals surface area contributed by atoms with Crippen LogP contribution in [-0.4, -0.2) is 4.98 Å². The zero-order chi connectivity index (χ0) is 6.85. The molecule has 0 saturated carbocycles. The van der Waals surface area contributed by atoms with E-state index >= 15 is 0 Å². The van der Waals surface area contributed by atoms with E-state index in [0.717, 1.165) is 10.7 Å². The quantitative estimate of drug-likeness (QED) is 0.542. The van der Waals surface area contributed by atoms with Gasteiger partial charge in [0.05, 0.1) is 5.03 Å². The van der Waals surface area contributed by atoms with Gasteiger partial charge in [0, 0.05) is 5.69 Å². The van der Waals surface area contributed by atoms with Crippen molar-refractivity contribution in [3.05, 3.63) is 23.4 Å². The molecule has 0 aliphatic heterocycles. The summed E-state index contributed by atoms with van der Waals surface area (Å²) in [5.74, 6) is 0. The fraction of sp³-hybridized carbons (Fsp3) is 0.286. The van der Waals surface area contributed by atoms with Gasteiger partial charge in [0.1, 0.15) is 0 Å². The molecule has 0 aliphatic rings. The van der Waals surface area contributed by atoms with Gasteiger partial charge in [0.25, 0.3) is 0 Å². The minimum absolute atomic E-state index is 0.790. The molecule has 1 aromatic rings. The van der Waals surface area contributed by atoms with Crippen LogP contribution in [0.4, 0.5) is 0 Å². The number of hydrogen-bond donors (Lipinski definition) is 1. The molecule has 0 bridgehead atoms. The van der Waals surface area contributed by atoms with Crippen LogP contribution in [0.15, 0.2) is 17.2 Å². The van der Waals surface area contributed by atoms with Crippen molar-refractivity contribution in [2.75, 3.05) is 0 Å². The van der Waals surface area contributed by atoms with E-state index in [0.29, 0.717) is 0 Å². The average Bonchev–Trinajstić information content (AvgIpc) is 1.80. The average molecular weight is 139 g/mol. The second kappa shape index (κ2) is 2.40. The van der Waals surface area contributed by atoms with Gasteiger partial charge in [-0.05, 0) is 25.5 Å². The number of aryl methyl sites for hydroxylation is 2. The van der Waals surface area contributed by atoms with Crippen LogP contribution in [0.1, 0.15) is 11.3 Å². The Labute approximate surface area is 60.5 Å². The Bertz CT molecular complexity index is 220. The predicted molar refractivity (Wildman–Crippen MR) is 41.0 cm³/mol. The third-order valence-corrected chi connectivity index (χ3v) is 1.58. The Hall–Kier alpha value is -0.500. The van der Waals surface area contributed by atoms with E-state index < -0.39 is 0 Å². The number of pyridine rings is 1. The largest absolute Gasteiger partial charge is 0.247 e. The lowest BCUT2D eigenvalue weighted by atomic mass is 10.2. The topological polar surface area (TPSA) is 12.9 Å². The summed E-state index contributed by atoms with van der Waals surface area (Å²) < 4.78 is 0. The molecule has 0 saturated heterocycles. The summed E-state index contributed by atoms with van der Waals surface area (Å²) in [5.41, 5.74) is 2.27. The Balaban J connectivity index is 3.17. The van der Waals surface area contributed by atoms with E-state index in [1.54, 1.807) is 0 Å². The summed E-state index contributed by atoms with van der Waals surface area (Å²) in [6.45, 7) is 4.02. The standard InChI is InChI=1S/C7H9NS/c1-5-3-4-7(9)8-6(5)2/h3-4H,1-2H3,(H,8,9). The van der Waals surface area contributed by atoms with Gasteiger partial charge in [-0.25, -0.2) is 4.98 Å². The van der Waals surface area contributed by atoms with E-state index in [4.69, 9.17) is 0 Å². The predicted octanol–water partition coefficient (Wildman–Crippen LogP) is 1.99. The zero-order valence-corrected chi connectivity index (χ0v) is 6.44. The molecule has 0 spiro atoms. The van der Waals surface area contributed by atoms with Crippen LogP contribution in [0, 0.1) is 13.8 Å². The minimum atomic E-state index is 0.790. The van der Waals surface area contributed by atoms with Crippen LogP contribution < -0.4 is 0 Å².